The fourth-order valence-electron chi connectivity index (χ4n) is 3.84. The van der Waals surface area contributed by atoms with Crippen LogP contribution in [-0.4, -0.2) is 27.2 Å². The molecule has 0 aliphatic carbocycles. The van der Waals surface area contributed by atoms with Gasteiger partial charge in [0, 0.05) is 24.5 Å². The molecule has 6 nitrogen and oxygen atoms in total. The number of hydrogen-bond acceptors (Lipinski definition) is 5. The van der Waals surface area contributed by atoms with Gasteiger partial charge in [0.1, 0.15) is 5.82 Å². The van der Waals surface area contributed by atoms with Gasteiger partial charge >= 0.3 is 12.1 Å². The summed E-state index contributed by atoms with van der Waals surface area (Å²) in [5.74, 6) is -1.82. The second kappa shape index (κ2) is 12.2. The van der Waals surface area contributed by atoms with E-state index in [4.69, 9.17) is 20.6 Å². The van der Waals surface area contributed by atoms with Crippen LogP contribution in [-0.2, 0) is 24.4 Å². The molecule has 5 N–H and O–H groups in total. The van der Waals surface area contributed by atoms with Gasteiger partial charge in [0.25, 0.3) is 0 Å². The lowest BCUT2D eigenvalue weighted by Crippen LogP contribution is -2.21. The van der Waals surface area contributed by atoms with Crippen LogP contribution in [0.4, 0.5) is 13.2 Å². The van der Waals surface area contributed by atoms with Gasteiger partial charge in [0.2, 0.25) is 0 Å². The third-order valence-electron chi connectivity index (χ3n) is 5.95. The summed E-state index contributed by atoms with van der Waals surface area (Å²) in [5.41, 5.74) is 13.9. The van der Waals surface area contributed by atoms with Crippen molar-refractivity contribution in [3.63, 3.8) is 0 Å². The van der Waals surface area contributed by atoms with Crippen LogP contribution in [0.2, 0.25) is 0 Å². The summed E-state index contributed by atoms with van der Waals surface area (Å²) in [6.07, 6.45) is -5.08. The van der Waals surface area contributed by atoms with Gasteiger partial charge in [-0.3, -0.25) is 0 Å². The number of aromatic amines is 1. The molecule has 5 rings (SSSR count). The van der Waals surface area contributed by atoms with Crippen molar-refractivity contribution >= 4 is 28.3 Å². The number of fused-ring (bicyclic) bond motifs is 1. The molecule has 3 aromatic carbocycles. The number of benzene rings is 3. The van der Waals surface area contributed by atoms with E-state index in [9.17, 15) is 13.2 Å². The average molecular weight is 553 g/mol. The molecule has 0 saturated carbocycles. The SMILES string of the molecule is Cc1cccc2[nH]c(-c3ccc(-c4ccc(CNCc5ccc(CN)cc5)cc4)s3)nc12.O=C(O)C(F)(F)F. The second-order valence-corrected chi connectivity index (χ2v) is 9.93. The van der Waals surface area contributed by atoms with Crippen LogP contribution >= 0.6 is 11.3 Å². The largest absolute Gasteiger partial charge is 0.490 e. The van der Waals surface area contributed by atoms with Crippen LogP contribution in [0.1, 0.15) is 22.3 Å². The standard InChI is InChI=1S/C27H26N4S.C2HF3O2/c1-18-3-2-4-23-26(18)31-27(30-23)25-14-13-24(32-25)22-11-9-21(10-12-22)17-29-16-20-7-5-19(15-28)6-8-20;3-2(4,5)1(6)7/h2-14,29H,15-17,28H2,1H3,(H,30,31);(H,6,7). The van der Waals surface area contributed by atoms with Crippen molar-refractivity contribution < 1.29 is 23.1 Å². The van der Waals surface area contributed by atoms with E-state index in [0.29, 0.717) is 6.54 Å². The molecule has 39 heavy (non-hydrogen) atoms. The number of aryl methyl sites for hydroxylation is 1. The first-order valence-electron chi connectivity index (χ1n) is 12.1. The number of thiophene rings is 1. The number of nitrogens with two attached hydrogens (primary N) is 1. The topological polar surface area (TPSA) is 104 Å². The molecule has 0 fully saturated rings. The maximum absolute atomic E-state index is 10.6. The number of imidazole rings is 1. The van der Waals surface area contributed by atoms with Gasteiger partial charge in [-0.05, 0) is 52.9 Å². The molecular formula is C29H27F3N4O2S. The van der Waals surface area contributed by atoms with Gasteiger partial charge in [0.15, 0.2) is 0 Å². The van der Waals surface area contributed by atoms with Crippen LogP contribution in [0, 0.1) is 6.92 Å². The lowest BCUT2D eigenvalue weighted by atomic mass is 10.1. The normalized spacial score (nSPS) is 11.3. The van der Waals surface area contributed by atoms with Crippen LogP contribution in [0.25, 0.3) is 32.2 Å². The summed E-state index contributed by atoms with van der Waals surface area (Å²) in [6, 6.07) is 27.8. The monoisotopic (exact) mass is 552 g/mol. The number of aromatic nitrogens is 2. The molecule has 10 heteroatoms. The van der Waals surface area contributed by atoms with Crippen LogP contribution < -0.4 is 11.1 Å². The lowest BCUT2D eigenvalue weighted by molar-refractivity contribution is -0.192. The molecule has 0 atom stereocenters. The van der Waals surface area contributed by atoms with Crippen molar-refractivity contribution in [2.45, 2.75) is 32.7 Å². The Balaban J connectivity index is 0.000000448. The first kappa shape index (κ1) is 28.0. The summed E-state index contributed by atoms with van der Waals surface area (Å²) in [7, 11) is 0. The highest BCUT2D eigenvalue weighted by Crippen LogP contribution is 2.34. The summed E-state index contributed by atoms with van der Waals surface area (Å²) < 4.78 is 31.7. The van der Waals surface area contributed by atoms with Crippen molar-refractivity contribution in [2.75, 3.05) is 0 Å². The Labute approximate surface area is 227 Å². The molecular weight excluding hydrogens is 525 g/mol. The lowest BCUT2D eigenvalue weighted by Gasteiger charge is -2.07. The average Bonchev–Trinajstić information content (AvgIpc) is 3.58. The number of hydrogen-bond donors (Lipinski definition) is 4. The first-order valence-corrected chi connectivity index (χ1v) is 12.9. The molecule has 0 aliphatic rings. The first-order chi connectivity index (χ1) is 18.6. The smallest absolute Gasteiger partial charge is 0.475 e. The fourth-order valence-corrected chi connectivity index (χ4v) is 4.80. The summed E-state index contributed by atoms with van der Waals surface area (Å²) in [4.78, 5) is 19.6. The van der Waals surface area contributed by atoms with E-state index in [1.165, 1.54) is 27.1 Å². The van der Waals surface area contributed by atoms with Gasteiger partial charge in [-0.25, -0.2) is 9.78 Å². The molecule has 0 amide bonds. The Bertz CT molecular complexity index is 1540. The number of rotatable bonds is 7. The van der Waals surface area contributed by atoms with Crippen molar-refractivity contribution in [3.8, 4) is 21.1 Å². The zero-order valence-electron chi connectivity index (χ0n) is 21.0. The van der Waals surface area contributed by atoms with Gasteiger partial charge in [-0.2, -0.15) is 13.2 Å². The Hall–Kier alpha value is -3.99. The molecule has 0 aliphatic heterocycles. The number of para-hydroxylation sites is 1. The number of halogens is 3. The van der Waals surface area contributed by atoms with Crippen molar-refractivity contribution in [1.29, 1.82) is 0 Å². The Morgan fingerprint density at radius 3 is 2.05 bits per heavy atom. The van der Waals surface area contributed by atoms with Crippen LogP contribution in [0.15, 0.2) is 78.9 Å². The number of nitrogens with one attached hydrogen (secondary N) is 2. The maximum Gasteiger partial charge on any atom is 0.490 e. The van der Waals surface area contributed by atoms with Crippen molar-refractivity contribution in [2.24, 2.45) is 5.73 Å². The fraction of sp³-hybridized carbons (Fsp3) is 0.172. The van der Waals surface area contributed by atoms with Gasteiger partial charge in [-0.1, -0.05) is 60.7 Å². The van der Waals surface area contributed by atoms with E-state index < -0.39 is 12.1 Å². The molecule has 0 spiro atoms. The number of carboxylic acids is 1. The van der Waals surface area contributed by atoms with Gasteiger partial charge < -0.3 is 21.1 Å². The van der Waals surface area contributed by atoms with Crippen LogP contribution in [0.5, 0.6) is 0 Å². The molecule has 0 bridgehead atoms. The highest BCUT2D eigenvalue weighted by Gasteiger charge is 2.38. The van der Waals surface area contributed by atoms with E-state index in [1.807, 2.05) is 0 Å². The number of nitrogens with zero attached hydrogens (tertiary/aromatic N) is 1. The Morgan fingerprint density at radius 2 is 1.49 bits per heavy atom. The number of aliphatic carboxylic acids is 1. The predicted octanol–water partition coefficient (Wildman–Crippen LogP) is 6.65. The van der Waals surface area contributed by atoms with Gasteiger partial charge in [-0.15, -0.1) is 11.3 Å². The van der Waals surface area contributed by atoms with Crippen molar-refractivity contribution in [1.82, 2.24) is 15.3 Å². The number of alkyl halides is 3. The minimum absolute atomic E-state index is 0.587. The zero-order chi connectivity index (χ0) is 28.0. The maximum atomic E-state index is 10.6. The Morgan fingerprint density at radius 1 is 0.923 bits per heavy atom. The van der Waals surface area contributed by atoms with Gasteiger partial charge in [0.05, 0.1) is 15.9 Å². The minimum atomic E-state index is -5.08. The van der Waals surface area contributed by atoms with Crippen LogP contribution in [0.3, 0.4) is 0 Å². The molecule has 2 aromatic heterocycles. The Kier molecular flexibility index (Phi) is 8.80. The number of carbonyl (C=O) groups is 1. The number of carboxylic acid groups (broad SMARTS) is 1. The molecule has 0 saturated heterocycles. The van der Waals surface area contributed by atoms with E-state index in [2.05, 4.69) is 96.1 Å². The summed E-state index contributed by atoms with van der Waals surface area (Å²) in [6.45, 7) is 4.37. The van der Waals surface area contributed by atoms with E-state index in [0.717, 1.165) is 40.4 Å². The van der Waals surface area contributed by atoms with Crippen molar-refractivity contribution in [3.05, 3.63) is 101 Å². The predicted molar refractivity (Wildman–Crippen MR) is 148 cm³/mol. The highest BCUT2D eigenvalue weighted by atomic mass is 32.1. The molecule has 202 valence electrons. The third kappa shape index (κ3) is 7.32. The third-order valence-corrected chi connectivity index (χ3v) is 7.09. The second-order valence-electron chi connectivity index (χ2n) is 8.84. The molecule has 0 radical (unpaired) electrons. The molecule has 2 heterocycles. The minimum Gasteiger partial charge on any atom is -0.475 e. The molecule has 5 aromatic rings. The number of H-pyrrole nitrogens is 1. The quantitative estimate of drug-likeness (QED) is 0.181. The van der Waals surface area contributed by atoms with E-state index in [1.54, 1.807) is 11.3 Å². The zero-order valence-corrected chi connectivity index (χ0v) is 21.9. The van der Waals surface area contributed by atoms with E-state index in [-0.39, 0.29) is 0 Å². The summed E-state index contributed by atoms with van der Waals surface area (Å²) in [5, 5.41) is 10.6. The van der Waals surface area contributed by atoms with E-state index >= 15 is 0 Å². The molecule has 0 unspecified atom stereocenters. The highest BCUT2D eigenvalue weighted by molar-refractivity contribution is 7.18. The summed E-state index contributed by atoms with van der Waals surface area (Å²) >= 11 is 1.77.